The van der Waals surface area contributed by atoms with Crippen LogP contribution in [0.4, 0.5) is 5.69 Å². The lowest BCUT2D eigenvalue weighted by Crippen LogP contribution is -2.33. The topological polar surface area (TPSA) is 49.8 Å². The summed E-state index contributed by atoms with van der Waals surface area (Å²) in [7, 11) is 1.65. The van der Waals surface area contributed by atoms with Gasteiger partial charge in [-0.3, -0.25) is 4.79 Å². The first-order valence-corrected chi connectivity index (χ1v) is 7.47. The van der Waals surface area contributed by atoms with Gasteiger partial charge in [-0.2, -0.15) is 0 Å². The predicted molar refractivity (Wildman–Crippen MR) is 86.2 cm³/mol. The molecule has 0 aromatic heterocycles. The molecule has 1 aromatic rings. The Balaban J connectivity index is 3.04. The van der Waals surface area contributed by atoms with Gasteiger partial charge >= 0.3 is 5.97 Å². The van der Waals surface area contributed by atoms with Crippen molar-refractivity contribution in [3.05, 3.63) is 23.8 Å². The summed E-state index contributed by atoms with van der Waals surface area (Å²) in [4.78, 5) is 13.3. The van der Waals surface area contributed by atoms with Crippen LogP contribution >= 0.6 is 0 Å². The number of benzene rings is 1. The second kappa shape index (κ2) is 7.91. The molecule has 0 aliphatic carbocycles. The van der Waals surface area contributed by atoms with Crippen LogP contribution in [-0.4, -0.2) is 31.3 Å². The maximum absolute atomic E-state index is 11.2. The largest absolute Gasteiger partial charge is 0.495 e. The van der Waals surface area contributed by atoms with Crippen LogP contribution in [0.25, 0.3) is 0 Å². The van der Waals surface area contributed by atoms with Crippen LogP contribution in [0.3, 0.4) is 0 Å². The SMILES string of the molecule is COc1ccc(C)cc1N(CCC(C)C)CC(C)C(=O)O. The maximum Gasteiger partial charge on any atom is 0.308 e. The molecule has 21 heavy (non-hydrogen) atoms. The van der Waals surface area contributed by atoms with Crippen LogP contribution in [-0.2, 0) is 4.79 Å². The Kier molecular flexibility index (Phi) is 6.53. The lowest BCUT2D eigenvalue weighted by Gasteiger charge is -2.29. The summed E-state index contributed by atoms with van der Waals surface area (Å²) in [6.07, 6.45) is 1.02. The van der Waals surface area contributed by atoms with E-state index in [-0.39, 0.29) is 0 Å². The number of nitrogens with zero attached hydrogens (tertiary/aromatic N) is 1. The molecule has 1 N–H and O–H groups in total. The van der Waals surface area contributed by atoms with Crippen molar-refractivity contribution in [2.24, 2.45) is 11.8 Å². The molecular weight excluding hydrogens is 266 g/mol. The van der Waals surface area contributed by atoms with E-state index in [4.69, 9.17) is 4.74 Å². The standard InChI is InChI=1S/C17H27NO3/c1-12(2)8-9-18(11-14(4)17(19)20)15-10-13(3)6-7-16(15)21-5/h6-7,10,12,14H,8-9,11H2,1-5H3,(H,19,20). The number of methoxy groups -OCH3 is 1. The van der Waals surface area contributed by atoms with Crippen molar-refractivity contribution in [1.82, 2.24) is 0 Å². The van der Waals surface area contributed by atoms with E-state index in [2.05, 4.69) is 24.8 Å². The Labute approximate surface area is 127 Å². The van der Waals surface area contributed by atoms with Crippen LogP contribution < -0.4 is 9.64 Å². The third-order valence-electron chi connectivity index (χ3n) is 3.57. The average molecular weight is 293 g/mol. The van der Waals surface area contributed by atoms with Crippen LogP contribution in [0, 0.1) is 18.8 Å². The van der Waals surface area contributed by atoms with Crippen LogP contribution in [0.1, 0.15) is 32.8 Å². The van der Waals surface area contributed by atoms with E-state index in [1.54, 1.807) is 14.0 Å². The van der Waals surface area contributed by atoms with E-state index in [0.29, 0.717) is 12.5 Å². The molecule has 0 bridgehead atoms. The Morgan fingerprint density at radius 3 is 2.52 bits per heavy atom. The van der Waals surface area contributed by atoms with Crippen molar-refractivity contribution in [1.29, 1.82) is 0 Å². The number of carboxylic acid groups (broad SMARTS) is 1. The number of aliphatic carboxylic acids is 1. The normalized spacial score (nSPS) is 12.3. The van der Waals surface area contributed by atoms with Gasteiger partial charge in [0.05, 0.1) is 18.7 Å². The fraction of sp³-hybridized carbons (Fsp3) is 0.588. The van der Waals surface area contributed by atoms with E-state index < -0.39 is 11.9 Å². The Bertz CT molecular complexity index is 471. The number of carbonyl (C=O) groups is 1. The van der Waals surface area contributed by atoms with Gasteiger partial charge in [0.25, 0.3) is 0 Å². The minimum Gasteiger partial charge on any atom is -0.495 e. The van der Waals surface area contributed by atoms with Gasteiger partial charge in [0.15, 0.2) is 0 Å². The second-order valence-electron chi connectivity index (χ2n) is 6.04. The van der Waals surface area contributed by atoms with Crippen molar-refractivity contribution in [3.8, 4) is 5.75 Å². The van der Waals surface area contributed by atoms with Crippen molar-refractivity contribution in [2.75, 3.05) is 25.1 Å². The van der Waals surface area contributed by atoms with Gasteiger partial charge in [-0.05, 0) is 37.0 Å². The van der Waals surface area contributed by atoms with Gasteiger partial charge in [-0.25, -0.2) is 0 Å². The smallest absolute Gasteiger partial charge is 0.308 e. The van der Waals surface area contributed by atoms with E-state index in [0.717, 1.165) is 30.0 Å². The zero-order chi connectivity index (χ0) is 16.0. The number of hydrogen-bond acceptors (Lipinski definition) is 3. The molecule has 0 aliphatic rings. The summed E-state index contributed by atoms with van der Waals surface area (Å²) in [6.45, 7) is 9.44. The van der Waals surface area contributed by atoms with E-state index in [9.17, 15) is 9.90 Å². The van der Waals surface area contributed by atoms with E-state index in [1.165, 1.54) is 0 Å². The summed E-state index contributed by atoms with van der Waals surface area (Å²) < 4.78 is 5.44. The molecule has 0 aliphatic heterocycles. The van der Waals surface area contributed by atoms with Crippen molar-refractivity contribution in [2.45, 2.75) is 34.1 Å². The number of carboxylic acids is 1. The molecule has 0 fully saturated rings. The summed E-state index contributed by atoms with van der Waals surface area (Å²) in [6, 6.07) is 6.01. The lowest BCUT2D eigenvalue weighted by atomic mass is 10.1. The molecule has 0 heterocycles. The van der Waals surface area contributed by atoms with E-state index in [1.807, 2.05) is 19.1 Å². The number of anilines is 1. The molecule has 1 rings (SSSR count). The molecule has 4 heteroatoms. The Morgan fingerprint density at radius 2 is 2.00 bits per heavy atom. The first-order chi connectivity index (χ1) is 9.85. The monoisotopic (exact) mass is 293 g/mol. The first-order valence-electron chi connectivity index (χ1n) is 7.47. The Hall–Kier alpha value is -1.71. The minimum atomic E-state index is -0.767. The fourth-order valence-electron chi connectivity index (χ4n) is 2.18. The van der Waals surface area contributed by atoms with Crippen molar-refractivity contribution in [3.63, 3.8) is 0 Å². The molecule has 1 atom stereocenters. The van der Waals surface area contributed by atoms with Gasteiger partial charge in [-0.1, -0.05) is 26.8 Å². The first kappa shape index (κ1) is 17.3. The zero-order valence-corrected chi connectivity index (χ0v) is 13.7. The number of hydrogen-bond donors (Lipinski definition) is 1. The molecule has 0 amide bonds. The lowest BCUT2D eigenvalue weighted by molar-refractivity contribution is -0.140. The molecule has 0 saturated carbocycles. The van der Waals surface area contributed by atoms with Crippen LogP contribution in [0.15, 0.2) is 18.2 Å². The Morgan fingerprint density at radius 1 is 1.33 bits per heavy atom. The molecular formula is C17H27NO3. The molecule has 0 radical (unpaired) electrons. The summed E-state index contributed by atoms with van der Waals surface area (Å²) in [5.41, 5.74) is 2.12. The molecule has 4 nitrogen and oxygen atoms in total. The second-order valence-corrected chi connectivity index (χ2v) is 6.04. The third-order valence-corrected chi connectivity index (χ3v) is 3.57. The highest BCUT2D eigenvalue weighted by atomic mass is 16.5. The van der Waals surface area contributed by atoms with Gasteiger partial charge < -0.3 is 14.7 Å². The summed E-state index contributed by atoms with van der Waals surface area (Å²) in [5.74, 6) is 0.184. The number of rotatable bonds is 8. The average Bonchev–Trinajstić information content (AvgIpc) is 2.42. The van der Waals surface area contributed by atoms with Crippen LogP contribution in [0.5, 0.6) is 5.75 Å². The summed E-state index contributed by atoms with van der Waals surface area (Å²) >= 11 is 0. The highest BCUT2D eigenvalue weighted by molar-refractivity contribution is 5.71. The zero-order valence-electron chi connectivity index (χ0n) is 13.7. The third kappa shape index (κ3) is 5.29. The molecule has 1 unspecified atom stereocenters. The van der Waals surface area contributed by atoms with E-state index >= 15 is 0 Å². The molecule has 0 saturated heterocycles. The van der Waals surface area contributed by atoms with Gasteiger partial charge in [0, 0.05) is 13.1 Å². The molecule has 1 aromatic carbocycles. The van der Waals surface area contributed by atoms with Gasteiger partial charge in [0.2, 0.25) is 0 Å². The van der Waals surface area contributed by atoms with Crippen LogP contribution in [0.2, 0.25) is 0 Å². The number of aryl methyl sites for hydroxylation is 1. The predicted octanol–water partition coefficient (Wildman–Crippen LogP) is 3.58. The highest BCUT2D eigenvalue weighted by Crippen LogP contribution is 2.30. The quantitative estimate of drug-likeness (QED) is 0.796. The van der Waals surface area contributed by atoms with Crippen molar-refractivity contribution >= 4 is 11.7 Å². The van der Waals surface area contributed by atoms with Gasteiger partial charge in [-0.15, -0.1) is 0 Å². The highest BCUT2D eigenvalue weighted by Gasteiger charge is 2.19. The fourth-order valence-corrected chi connectivity index (χ4v) is 2.18. The molecule has 118 valence electrons. The van der Waals surface area contributed by atoms with Crippen molar-refractivity contribution < 1.29 is 14.6 Å². The minimum absolute atomic E-state index is 0.414. The van der Waals surface area contributed by atoms with Gasteiger partial charge in [0.1, 0.15) is 5.75 Å². The summed E-state index contributed by atoms with van der Waals surface area (Å²) in [5, 5.41) is 9.18. The molecule has 0 spiro atoms. The number of ether oxygens (including phenoxy) is 1. The maximum atomic E-state index is 11.2.